The SMILES string of the molecule is COc1ccc([C@@H]2CC(=O)C3=C(C2)Nc2ncnn2[C@H]3c2ccc(OCc3ccccc3)cc2)cc1OC. The molecular formula is C30H28N4O4. The zero-order chi connectivity index (χ0) is 26.1. The second-order valence-corrected chi connectivity index (χ2v) is 9.43. The van der Waals surface area contributed by atoms with Crippen molar-refractivity contribution in [2.45, 2.75) is 31.4 Å². The number of ketones is 1. The average Bonchev–Trinajstić information content (AvgIpc) is 3.43. The lowest BCUT2D eigenvalue weighted by molar-refractivity contribution is -0.116. The predicted molar refractivity (Wildman–Crippen MR) is 143 cm³/mol. The van der Waals surface area contributed by atoms with Gasteiger partial charge < -0.3 is 19.5 Å². The van der Waals surface area contributed by atoms with E-state index in [1.165, 1.54) is 6.33 Å². The molecule has 4 aromatic rings. The molecule has 0 spiro atoms. The Labute approximate surface area is 220 Å². The van der Waals surface area contributed by atoms with Crippen molar-refractivity contribution in [1.82, 2.24) is 14.8 Å². The van der Waals surface area contributed by atoms with Crippen molar-refractivity contribution >= 4 is 11.7 Å². The number of rotatable bonds is 7. The third-order valence-electron chi connectivity index (χ3n) is 7.18. The maximum Gasteiger partial charge on any atom is 0.226 e. The molecule has 8 nitrogen and oxygen atoms in total. The Morgan fingerprint density at radius 3 is 2.45 bits per heavy atom. The molecule has 2 aliphatic rings. The minimum Gasteiger partial charge on any atom is -0.493 e. The number of hydrogen-bond donors (Lipinski definition) is 1. The average molecular weight is 509 g/mol. The number of benzene rings is 3. The molecule has 0 saturated carbocycles. The van der Waals surface area contributed by atoms with Gasteiger partial charge in [-0.25, -0.2) is 4.68 Å². The van der Waals surface area contributed by atoms with Crippen molar-refractivity contribution in [1.29, 1.82) is 0 Å². The summed E-state index contributed by atoms with van der Waals surface area (Å²) in [5.74, 6) is 2.81. The quantitative estimate of drug-likeness (QED) is 0.363. The molecule has 2 atom stereocenters. The highest BCUT2D eigenvalue weighted by Gasteiger charge is 2.39. The van der Waals surface area contributed by atoms with E-state index in [0.717, 1.165) is 33.7 Å². The standard InChI is InChI=1S/C30H28N4O4/c1-36-26-13-10-21(16-27(26)37-2)22-14-24-28(25(35)15-22)29(34-30(33-24)31-18-32-34)20-8-11-23(12-9-20)38-17-19-6-4-3-5-7-19/h3-13,16,18,22,29H,14-15,17H2,1-2H3,(H,31,32,33)/t22-,29-/m0/s1. The lowest BCUT2D eigenvalue weighted by Crippen LogP contribution is -2.33. The molecule has 1 aliphatic heterocycles. The van der Waals surface area contributed by atoms with Crippen LogP contribution in [-0.2, 0) is 11.4 Å². The molecule has 8 heteroatoms. The summed E-state index contributed by atoms with van der Waals surface area (Å²) in [6.45, 7) is 0.492. The summed E-state index contributed by atoms with van der Waals surface area (Å²) in [6, 6.07) is 23.4. The van der Waals surface area contributed by atoms with Gasteiger partial charge >= 0.3 is 0 Å². The summed E-state index contributed by atoms with van der Waals surface area (Å²) in [5.41, 5.74) is 4.71. The van der Waals surface area contributed by atoms with Gasteiger partial charge in [0.25, 0.3) is 0 Å². The van der Waals surface area contributed by atoms with E-state index in [-0.39, 0.29) is 17.7 Å². The molecule has 2 heterocycles. The van der Waals surface area contributed by atoms with E-state index in [9.17, 15) is 4.79 Å². The largest absolute Gasteiger partial charge is 0.493 e. The number of nitrogens with one attached hydrogen (secondary N) is 1. The van der Waals surface area contributed by atoms with Crippen LogP contribution in [0.2, 0.25) is 0 Å². The normalized spacial score (nSPS) is 18.3. The van der Waals surface area contributed by atoms with Crippen molar-refractivity contribution in [2.75, 3.05) is 19.5 Å². The van der Waals surface area contributed by atoms with Crippen LogP contribution in [-0.4, -0.2) is 34.8 Å². The van der Waals surface area contributed by atoms with E-state index in [0.29, 0.717) is 36.9 Å². The summed E-state index contributed by atoms with van der Waals surface area (Å²) < 4.78 is 18.6. The number of hydrogen-bond acceptors (Lipinski definition) is 7. The number of methoxy groups -OCH3 is 2. The van der Waals surface area contributed by atoms with E-state index in [2.05, 4.69) is 15.4 Å². The molecule has 0 unspecified atom stereocenters. The molecule has 0 fully saturated rings. The third-order valence-corrected chi connectivity index (χ3v) is 7.18. The minimum absolute atomic E-state index is 0.0115. The highest BCUT2D eigenvalue weighted by atomic mass is 16.5. The molecule has 3 aromatic carbocycles. The Balaban J connectivity index is 1.29. The lowest BCUT2D eigenvalue weighted by Gasteiger charge is -2.35. The number of nitrogens with zero attached hydrogens (tertiary/aromatic N) is 3. The van der Waals surface area contributed by atoms with Crippen LogP contribution in [0.4, 0.5) is 5.95 Å². The van der Waals surface area contributed by atoms with Gasteiger partial charge in [0.1, 0.15) is 24.7 Å². The fourth-order valence-electron chi connectivity index (χ4n) is 5.29. The Kier molecular flexibility index (Phi) is 6.29. The molecule has 38 heavy (non-hydrogen) atoms. The van der Waals surface area contributed by atoms with Gasteiger partial charge in [-0.3, -0.25) is 4.79 Å². The molecule has 1 aromatic heterocycles. The van der Waals surface area contributed by atoms with E-state index < -0.39 is 0 Å². The van der Waals surface area contributed by atoms with Crippen molar-refractivity contribution < 1.29 is 19.0 Å². The highest BCUT2D eigenvalue weighted by Crippen LogP contribution is 2.45. The van der Waals surface area contributed by atoms with Gasteiger partial charge in [0.2, 0.25) is 5.95 Å². The predicted octanol–water partition coefficient (Wildman–Crippen LogP) is 5.29. The lowest BCUT2D eigenvalue weighted by atomic mass is 9.78. The zero-order valence-corrected chi connectivity index (χ0v) is 21.3. The number of anilines is 1. The van der Waals surface area contributed by atoms with Gasteiger partial charge in [-0.2, -0.15) is 10.1 Å². The summed E-state index contributed by atoms with van der Waals surface area (Å²) in [7, 11) is 3.23. The number of ether oxygens (including phenoxy) is 3. The van der Waals surface area contributed by atoms with Gasteiger partial charge in [-0.05, 0) is 53.3 Å². The summed E-state index contributed by atoms with van der Waals surface area (Å²) in [5, 5.41) is 7.83. The second-order valence-electron chi connectivity index (χ2n) is 9.43. The molecule has 6 rings (SSSR count). The monoisotopic (exact) mass is 508 g/mol. The molecule has 0 amide bonds. The van der Waals surface area contributed by atoms with Crippen LogP contribution in [0.25, 0.3) is 0 Å². The van der Waals surface area contributed by atoms with E-state index in [4.69, 9.17) is 14.2 Å². The molecule has 0 bridgehead atoms. The number of Topliss-reactive ketones (excluding diaryl/α,β-unsaturated/α-hetero) is 1. The number of aromatic nitrogens is 3. The van der Waals surface area contributed by atoms with Gasteiger partial charge in [0.05, 0.1) is 14.2 Å². The van der Waals surface area contributed by atoms with Gasteiger partial charge in [-0.1, -0.05) is 48.5 Å². The summed E-state index contributed by atoms with van der Waals surface area (Å²) in [6.07, 6.45) is 2.59. The topological polar surface area (TPSA) is 87.5 Å². The molecular weight excluding hydrogens is 480 g/mol. The van der Waals surface area contributed by atoms with Gasteiger partial charge in [-0.15, -0.1) is 0 Å². The van der Waals surface area contributed by atoms with Crippen molar-refractivity contribution in [3.63, 3.8) is 0 Å². The Hall–Kier alpha value is -4.59. The highest BCUT2D eigenvalue weighted by molar-refractivity contribution is 6.00. The first-order valence-corrected chi connectivity index (χ1v) is 12.6. The van der Waals surface area contributed by atoms with Crippen LogP contribution < -0.4 is 19.5 Å². The molecule has 192 valence electrons. The van der Waals surface area contributed by atoms with Crippen LogP contribution in [0, 0.1) is 0 Å². The Morgan fingerprint density at radius 1 is 0.921 bits per heavy atom. The van der Waals surface area contributed by atoms with E-state index in [1.807, 2.05) is 72.8 Å². The van der Waals surface area contributed by atoms with Crippen molar-refractivity contribution in [2.24, 2.45) is 0 Å². The first-order valence-electron chi connectivity index (χ1n) is 12.6. The number of carbonyl (C=O) groups excluding carboxylic acids is 1. The maximum absolute atomic E-state index is 13.7. The van der Waals surface area contributed by atoms with E-state index in [1.54, 1.807) is 18.9 Å². The summed E-state index contributed by atoms with van der Waals surface area (Å²) >= 11 is 0. The van der Waals surface area contributed by atoms with E-state index >= 15 is 0 Å². The summed E-state index contributed by atoms with van der Waals surface area (Å²) in [4.78, 5) is 18.1. The van der Waals surface area contributed by atoms with Crippen LogP contribution >= 0.6 is 0 Å². The first kappa shape index (κ1) is 23.8. The molecule has 0 saturated heterocycles. The van der Waals surface area contributed by atoms with Crippen LogP contribution in [0.15, 0.2) is 90.4 Å². The van der Waals surface area contributed by atoms with Crippen molar-refractivity contribution in [3.05, 3.63) is 107 Å². The smallest absolute Gasteiger partial charge is 0.226 e. The van der Waals surface area contributed by atoms with Gasteiger partial charge in [0.15, 0.2) is 17.3 Å². The van der Waals surface area contributed by atoms with Crippen LogP contribution in [0.5, 0.6) is 17.2 Å². The van der Waals surface area contributed by atoms with Crippen LogP contribution in [0.3, 0.4) is 0 Å². The second kappa shape index (κ2) is 10.0. The maximum atomic E-state index is 13.7. The molecule has 1 aliphatic carbocycles. The van der Waals surface area contributed by atoms with Gasteiger partial charge in [0, 0.05) is 17.7 Å². The third kappa shape index (κ3) is 4.38. The minimum atomic E-state index is -0.356. The fraction of sp³-hybridized carbons (Fsp3) is 0.233. The Bertz CT molecular complexity index is 1490. The molecule has 1 N–H and O–H groups in total. The van der Waals surface area contributed by atoms with Crippen molar-refractivity contribution in [3.8, 4) is 17.2 Å². The number of allylic oxidation sites excluding steroid dienone is 2. The first-order chi connectivity index (χ1) is 18.6. The number of carbonyl (C=O) groups is 1. The molecule has 0 radical (unpaired) electrons. The fourth-order valence-corrected chi connectivity index (χ4v) is 5.29. The zero-order valence-electron chi connectivity index (χ0n) is 21.3. The number of fused-ring (bicyclic) bond motifs is 1. The van der Waals surface area contributed by atoms with Crippen LogP contribution in [0.1, 0.15) is 41.5 Å². The Morgan fingerprint density at radius 2 is 1.68 bits per heavy atom.